The highest BCUT2D eigenvalue weighted by atomic mass is 35.5. The molecule has 1 unspecified atom stereocenters. The van der Waals surface area contributed by atoms with Crippen molar-refractivity contribution in [3.8, 4) is 0 Å². The fourth-order valence-corrected chi connectivity index (χ4v) is 3.41. The molecule has 0 bridgehead atoms. The molecule has 96 valence electrons. The normalized spacial score (nSPS) is 12.8. The molecule has 0 spiro atoms. The Balaban J connectivity index is 2.49. The molecule has 1 aromatic heterocycles. The summed E-state index contributed by atoms with van der Waals surface area (Å²) in [5.41, 5.74) is 3.92. The van der Waals surface area contributed by atoms with Crippen LogP contribution < -0.4 is 0 Å². The first-order valence-corrected chi connectivity index (χ1v) is 7.23. The van der Waals surface area contributed by atoms with Gasteiger partial charge in [-0.15, -0.1) is 11.3 Å². The summed E-state index contributed by atoms with van der Waals surface area (Å²) in [6, 6.07) is 3.80. The number of hydrogen-bond donors (Lipinski definition) is 1. The van der Waals surface area contributed by atoms with Crippen LogP contribution in [-0.4, -0.2) is 5.11 Å². The second-order valence-electron chi connectivity index (χ2n) is 4.46. The van der Waals surface area contributed by atoms with Crippen molar-refractivity contribution in [3.63, 3.8) is 0 Å². The molecular weight excluding hydrogens is 287 g/mol. The van der Waals surface area contributed by atoms with Gasteiger partial charge in [-0.1, -0.05) is 29.3 Å². The molecule has 1 atom stereocenters. The number of hydrogen-bond acceptors (Lipinski definition) is 2. The van der Waals surface area contributed by atoms with Crippen LogP contribution in [0.5, 0.6) is 0 Å². The van der Waals surface area contributed by atoms with Gasteiger partial charge in [0.2, 0.25) is 0 Å². The molecule has 0 amide bonds. The van der Waals surface area contributed by atoms with Crippen molar-refractivity contribution in [2.45, 2.75) is 26.9 Å². The molecule has 0 saturated carbocycles. The molecule has 1 N–H and O–H groups in total. The first kappa shape index (κ1) is 13.9. The smallest absolute Gasteiger partial charge is 0.116 e. The minimum atomic E-state index is -0.761. The minimum absolute atomic E-state index is 0.577. The van der Waals surface area contributed by atoms with Crippen LogP contribution in [0, 0.1) is 20.8 Å². The van der Waals surface area contributed by atoms with E-state index >= 15 is 0 Å². The van der Waals surface area contributed by atoms with Gasteiger partial charge in [-0.2, -0.15) is 0 Å². The lowest BCUT2D eigenvalue weighted by atomic mass is 10.0. The third-order valence-corrected chi connectivity index (χ3v) is 5.17. The summed E-state index contributed by atoms with van der Waals surface area (Å²) >= 11 is 13.8. The van der Waals surface area contributed by atoms with Crippen LogP contribution in [0.1, 0.15) is 33.2 Å². The van der Waals surface area contributed by atoms with E-state index in [1.54, 1.807) is 0 Å². The van der Waals surface area contributed by atoms with Gasteiger partial charge in [0, 0.05) is 10.6 Å². The monoisotopic (exact) mass is 300 g/mol. The number of halogens is 2. The maximum atomic E-state index is 10.4. The number of aliphatic hydroxyl groups is 1. The Bertz CT molecular complexity index is 590. The molecule has 1 aromatic carbocycles. The predicted octanol–water partition coefficient (Wildman–Crippen LogP) is 5.06. The van der Waals surface area contributed by atoms with Gasteiger partial charge in [-0.3, -0.25) is 0 Å². The summed E-state index contributed by atoms with van der Waals surface area (Å²) in [7, 11) is 0. The molecule has 0 aliphatic rings. The van der Waals surface area contributed by atoms with E-state index < -0.39 is 6.10 Å². The zero-order valence-electron chi connectivity index (χ0n) is 10.4. The fourth-order valence-electron chi connectivity index (χ4n) is 1.79. The molecule has 0 fully saturated rings. The highest BCUT2D eigenvalue weighted by Crippen LogP contribution is 2.38. The number of rotatable bonds is 2. The third-order valence-electron chi connectivity index (χ3n) is 3.08. The Labute approximate surface area is 121 Å². The number of aryl methyl sites for hydroxylation is 3. The standard InChI is InChI=1S/C14H14Cl2OS/c1-7-4-10(11(15)5-8(7)2)13(17)14-12(16)9(3)6-18-14/h4-6,13,17H,1-3H3. The largest absolute Gasteiger partial charge is 0.383 e. The second-order valence-corrected chi connectivity index (χ2v) is 6.15. The van der Waals surface area contributed by atoms with Crippen molar-refractivity contribution in [2.24, 2.45) is 0 Å². The van der Waals surface area contributed by atoms with Crippen molar-refractivity contribution >= 4 is 34.5 Å². The van der Waals surface area contributed by atoms with Crippen LogP contribution in [-0.2, 0) is 0 Å². The zero-order valence-corrected chi connectivity index (χ0v) is 12.7. The highest BCUT2D eigenvalue weighted by molar-refractivity contribution is 7.10. The molecule has 1 heterocycles. The van der Waals surface area contributed by atoms with Crippen molar-refractivity contribution in [2.75, 3.05) is 0 Å². The molecule has 2 aromatic rings. The molecule has 0 radical (unpaired) electrons. The summed E-state index contributed by atoms with van der Waals surface area (Å²) in [6.07, 6.45) is -0.761. The molecular formula is C14H14Cl2OS. The van der Waals surface area contributed by atoms with Crippen LogP contribution >= 0.6 is 34.5 Å². The lowest BCUT2D eigenvalue weighted by Gasteiger charge is -2.14. The number of aliphatic hydroxyl groups excluding tert-OH is 1. The summed E-state index contributed by atoms with van der Waals surface area (Å²) in [6.45, 7) is 5.93. The molecule has 18 heavy (non-hydrogen) atoms. The van der Waals surface area contributed by atoms with E-state index in [9.17, 15) is 5.11 Å². The second kappa shape index (κ2) is 5.22. The van der Waals surface area contributed by atoms with E-state index in [1.807, 2.05) is 38.3 Å². The summed E-state index contributed by atoms with van der Waals surface area (Å²) < 4.78 is 0. The zero-order chi connectivity index (χ0) is 13.4. The van der Waals surface area contributed by atoms with Crippen LogP contribution in [0.2, 0.25) is 10.0 Å². The third kappa shape index (κ3) is 2.43. The van der Waals surface area contributed by atoms with Gasteiger partial charge in [0.15, 0.2) is 0 Å². The summed E-state index contributed by atoms with van der Waals surface area (Å²) in [5, 5.41) is 13.6. The molecule has 0 saturated heterocycles. The molecule has 0 aliphatic carbocycles. The Morgan fingerprint density at radius 1 is 1.06 bits per heavy atom. The number of thiophene rings is 1. The lowest BCUT2D eigenvalue weighted by molar-refractivity contribution is 0.224. The van der Waals surface area contributed by atoms with Gasteiger partial charge >= 0.3 is 0 Å². The first-order valence-electron chi connectivity index (χ1n) is 5.60. The van der Waals surface area contributed by atoms with Gasteiger partial charge in [-0.25, -0.2) is 0 Å². The van der Waals surface area contributed by atoms with Gasteiger partial charge in [0.05, 0.1) is 9.90 Å². The molecule has 2 rings (SSSR count). The van der Waals surface area contributed by atoms with Crippen molar-refractivity contribution in [1.82, 2.24) is 0 Å². The first-order chi connectivity index (χ1) is 8.41. The predicted molar refractivity (Wildman–Crippen MR) is 79.1 cm³/mol. The van der Waals surface area contributed by atoms with Crippen molar-refractivity contribution < 1.29 is 5.11 Å². The van der Waals surface area contributed by atoms with Gasteiger partial charge in [-0.05, 0) is 48.9 Å². The summed E-state index contributed by atoms with van der Waals surface area (Å²) in [4.78, 5) is 0.749. The SMILES string of the molecule is Cc1cc(Cl)c(C(O)c2scc(C)c2Cl)cc1C. The van der Waals surface area contributed by atoms with Crippen LogP contribution in [0.3, 0.4) is 0 Å². The van der Waals surface area contributed by atoms with E-state index in [-0.39, 0.29) is 0 Å². The highest BCUT2D eigenvalue weighted by Gasteiger charge is 2.20. The van der Waals surface area contributed by atoms with Gasteiger partial charge in [0.25, 0.3) is 0 Å². The maximum Gasteiger partial charge on any atom is 0.116 e. The van der Waals surface area contributed by atoms with Crippen LogP contribution in [0.4, 0.5) is 0 Å². The maximum absolute atomic E-state index is 10.4. The van der Waals surface area contributed by atoms with E-state index in [2.05, 4.69) is 0 Å². The molecule has 4 heteroatoms. The quantitative estimate of drug-likeness (QED) is 0.822. The number of benzene rings is 1. The van der Waals surface area contributed by atoms with E-state index in [0.717, 1.165) is 21.6 Å². The minimum Gasteiger partial charge on any atom is -0.383 e. The van der Waals surface area contributed by atoms with Crippen LogP contribution in [0.25, 0.3) is 0 Å². The van der Waals surface area contributed by atoms with Crippen molar-refractivity contribution in [1.29, 1.82) is 0 Å². The van der Waals surface area contributed by atoms with Crippen LogP contribution in [0.15, 0.2) is 17.5 Å². The fraction of sp³-hybridized carbons (Fsp3) is 0.286. The van der Waals surface area contributed by atoms with E-state index in [1.165, 1.54) is 11.3 Å². The van der Waals surface area contributed by atoms with Gasteiger partial charge in [0.1, 0.15) is 6.10 Å². The Hall–Kier alpha value is -0.540. The lowest BCUT2D eigenvalue weighted by Crippen LogP contribution is -2.00. The average molecular weight is 301 g/mol. The van der Waals surface area contributed by atoms with E-state index in [4.69, 9.17) is 23.2 Å². The Morgan fingerprint density at radius 2 is 1.67 bits per heavy atom. The Morgan fingerprint density at radius 3 is 2.22 bits per heavy atom. The Kier molecular flexibility index (Phi) is 4.02. The van der Waals surface area contributed by atoms with Crippen molar-refractivity contribution in [3.05, 3.63) is 54.7 Å². The van der Waals surface area contributed by atoms with Gasteiger partial charge < -0.3 is 5.11 Å². The topological polar surface area (TPSA) is 20.2 Å². The molecule has 1 nitrogen and oxygen atoms in total. The summed E-state index contributed by atoms with van der Waals surface area (Å²) in [5.74, 6) is 0. The molecule has 0 aliphatic heterocycles. The van der Waals surface area contributed by atoms with E-state index in [0.29, 0.717) is 15.6 Å². The average Bonchev–Trinajstić information content (AvgIpc) is 2.64.